The number of piperidine rings is 1. The van der Waals surface area contributed by atoms with E-state index in [1.54, 1.807) is 0 Å². The first kappa shape index (κ1) is 17.1. The summed E-state index contributed by atoms with van der Waals surface area (Å²) in [4.78, 5) is 30.6. The molecule has 0 N–H and O–H groups in total. The molecular weight excluding hydrogens is 318 g/mol. The molecule has 2 saturated carbocycles. The SMILES string of the molecule is CCN(CC)C(=O)[C@H]1[C@@H]2CN(C3CCC4(C3)CN(C(=O)OC)C4)C[C@@H]21. The molecule has 2 amide bonds. The van der Waals surface area contributed by atoms with Crippen LogP contribution in [0.1, 0.15) is 33.1 Å². The molecule has 1 unspecified atom stereocenters. The molecule has 2 aliphatic heterocycles. The van der Waals surface area contributed by atoms with E-state index in [1.807, 2.05) is 9.80 Å². The van der Waals surface area contributed by atoms with Crippen molar-refractivity contribution in [3.8, 4) is 0 Å². The van der Waals surface area contributed by atoms with Crippen LogP contribution in [0, 0.1) is 23.2 Å². The van der Waals surface area contributed by atoms with Gasteiger partial charge in [0.2, 0.25) is 5.91 Å². The molecule has 4 atom stereocenters. The lowest BCUT2D eigenvalue weighted by Crippen LogP contribution is -2.57. The van der Waals surface area contributed by atoms with E-state index in [1.165, 1.54) is 26.4 Å². The highest BCUT2D eigenvalue weighted by atomic mass is 16.5. The number of hydrogen-bond acceptors (Lipinski definition) is 4. The van der Waals surface area contributed by atoms with E-state index in [0.717, 1.165) is 39.3 Å². The summed E-state index contributed by atoms with van der Waals surface area (Å²) >= 11 is 0. The Hall–Kier alpha value is -1.30. The molecule has 4 aliphatic rings. The summed E-state index contributed by atoms with van der Waals surface area (Å²) in [7, 11) is 1.46. The Morgan fingerprint density at radius 3 is 2.36 bits per heavy atom. The second kappa shape index (κ2) is 6.15. The van der Waals surface area contributed by atoms with Gasteiger partial charge in [-0.2, -0.15) is 0 Å². The third-order valence-electron chi connectivity index (χ3n) is 7.26. The smallest absolute Gasteiger partial charge is 0.409 e. The first-order valence-electron chi connectivity index (χ1n) is 9.87. The number of amides is 2. The van der Waals surface area contributed by atoms with Crippen LogP contribution >= 0.6 is 0 Å². The first-order valence-corrected chi connectivity index (χ1v) is 9.87. The number of carbonyl (C=O) groups is 2. The third kappa shape index (κ3) is 2.73. The molecule has 2 aliphatic carbocycles. The number of methoxy groups -OCH3 is 1. The van der Waals surface area contributed by atoms with E-state index in [0.29, 0.717) is 35.1 Å². The van der Waals surface area contributed by atoms with Crippen molar-refractivity contribution in [3.05, 3.63) is 0 Å². The lowest BCUT2D eigenvalue weighted by atomic mass is 9.78. The third-order valence-corrected chi connectivity index (χ3v) is 7.26. The quantitative estimate of drug-likeness (QED) is 0.774. The van der Waals surface area contributed by atoms with Crippen molar-refractivity contribution in [2.45, 2.75) is 39.2 Å². The normalized spacial score (nSPS) is 35.4. The summed E-state index contributed by atoms with van der Waals surface area (Å²) in [6, 6.07) is 0.650. The molecule has 4 rings (SSSR count). The van der Waals surface area contributed by atoms with Gasteiger partial charge in [0, 0.05) is 56.6 Å². The Bertz CT molecular complexity index is 544. The van der Waals surface area contributed by atoms with Crippen LogP contribution in [0.25, 0.3) is 0 Å². The highest BCUT2D eigenvalue weighted by Crippen LogP contribution is 2.55. The van der Waals surface area contributed by atoms with Gasteiger partial charge in [0.1, 0.15) is 0 Å². The maximum atomic E-state index is 12.6. The van der Waals surface area contributed by atoms with E-state index in [2.05, 4.69) is 18.7 Å². The van der Waals surface area contributed by atoms with Crippen LogP contribution in [0.15, 0.2) is 0 Å². The molecule has 4 fully saturated rings. The summed E-state index contributed by atoms with van der Waals surface area (Å²) in [5, 5.41) is 0. The van der Waals surface area contributed by atoms with Crippen LogP contribution in [0.2, 0.25) is 0 Å². The van der Waals surface area contributed by atoms with E-state index in [-0.39, 0.29) is 6.09 Å². The van der Waals surface area contributed by atoms with E-state index in [9.17, 15) is 9.59 Å². The van der Waals surface area contributed by atoms with Crippen molar-refractivity contribution in [1.29, 1.82) is 0 Å². The molecule has 2 heterocycles. The Balaban J connectivity index is 1.26. The molecule has 0 aromatic heterocycles. The van der Waals surface area contributed by atoms with Gasteiger partial charge in [-0.1, -0.05) is 0 Å². The molecule has 25 heavy (non-hydrogen) atoms. The van der Waals surface area contributed by atoms with Crippen LogP contribution in [0.4, 0.5) is 4.79 Å². The van der Waals surface area contributed by atoms with Gasteiger partial charge in [0.25, 0.3) is 0 Å². The number of carbonyl (C=O) groups excluding carboxylic acids is 2. The Labute approximate surface area is 150 Å². The van der Waals surface area contributed by atoms with Crippen molar-refractivity contribution in [3.63, 3.8) is 0 Å². The van der Waals surface area contributed by atoms with Gasteiger partial charge in [-0.3, -0.25) is 9.69 Å². The summed E-state index contributed by atoms with van der Waals surface area (Å²) in [5.74, 6) is 1.87. The topological polar surface area (TPSA) is 53.1 Å². The number of likely N-dealkylation sites (tertiary alicyclic amines) is 2. The zero-order valence-electron chi connectivity index (χ0n) is 15.7. The van der Waals surface area contributed by atoms with Crippen molar-refractivity contribution in [2.24, 2.45) is 23.2 Å². The average molecular weight is 349 g/mol. The van der Waals surface area contributed by atoms with Crippen LogP contribution in [0.5, 0.6) is 0 Å². The average Bonchev–Trinajstić information content (AvgIpc) is 2.94. The number of rotatable bonds is 4. The second-order valence-electron chi connectivity index (χ2n) is 8.54. The minimum atomic E-state index is -0.186. The monoisotopic (exact) mass is 349 g/mol. The van der Waals surface area contributed by atoms with E-state index >= 15 is 0 Å². The van der Waals surface area contributed by atoms with Crippen LogP contribution < -0.4 is 0 Å². The predicted octanol–water partition coefficient (Wildman–Crippen LogP) is 1.65. The fourth-order valence-electron chi connectivity index (χ4n) is 5.77. The largest absolute Gasteiger partial charge is 0.453 e. The molecule has 0 radical (unpaired) electrons. The van der Waals surface area contributed by atoms with Gasteiger partial charge in [-0.15, -0.1) is 0 Å². The molecule has 0 bridgehead atoms. The van der Waals surface area contributed by atoms with Crippen molar-refractivity contribution >= 4 is 12.0 Å². The minimum absolute atomic E-state index is 0.186. The first-order chi connectivity index (χ1) is 12.0. The van der Waals surface area contributed by atoms with Gasteiger partial charge < -0.3 is 14.5 Å². The Morgan fingerprint density at radius 1 is 1.16 bits per heavy atom. The standard InChI is InChI=1S/C19H31N3O3/c1-4-20(5-2)17(23)16-14-9-21(10-15(14)16)13-6-7-19(8-13)11-22(12-19)18(24)25-3/h13-16H,4-12H2,1-3H3/t13?,14-,15+,16+. The zero-order valence-corrected chi connectivity index (χ0v) is 15.7. The summed E-state index contributed by atoms with van der Waals surface area (Å²) in [6.45, 7) is 9.72. The van der Waals surface area contributed by atoms with E-state index in [4.69, 9.17) is 4.74 Å². The molecule has 2 saturated heterocycles. The van der Waals surface area contributed by atoms with Crippen molar-refractivity contribution in [1.82, 2.24) is 14.7 Å². The zero-order chi connectivity index (χ0) is 17.8. The number of ether oxygens (including phenoxy) is 1. The fourth-order valence-corrected chi connectivity index (χ4v) is 5.77. The van der Waals surface area contributed by atoms with Crippen LogP contribution in [-0.4, -0.2) is 79.1 Å². The summed E-state index contributed by atoms with van der Waals surface area (Å²) in [5.41, 5.74) is 0.335. The van der Waals surface area contributed by atoms with Gasteiger partial charge in [-0.05, 0) is 44.9 Å². The van der Waals surface area contributed by atoms with E-state index < -0.39 is 0 Å². The molecule has 140 valence electrons. The lowest BCUT2D eigenvalue weighted by Gasteiger charge is -2.47. The number of fused-ring (bicyclic) bond motifs is 1. The molecule has 1 spiro atoms. The Kier molecular flexibility index (Phi) is 4.21. The van der Waals surface area contributed by atoms with Gasteiger partial charge >= 0.3 is 6.09 Å². The fraction of sp³-hybridized carbons (Fsp3) is 0.895. The van der Waals surface area contributed by atoms with Crippen molar-refractivity contribution < 1.29 is 14.3 Å². The highest BCUT2D eigenvalue weighted by Gasteiger charge is 2.62. The molecule has 6 nitrogen and oxygen atoms in total. The summed E-state index contributed by atoms with van der Waals surface area (Å²) in [6.07, 6.45) is 3.48. The van der Waals surface area contributed by atoms with Crippen molar-refractivity contribution in [2.75, 3.05) is 46.4 Å². The highest BCUT2D eigenvalue weighted by molar-refractivity contribution is 5.82. The lowest BCUT2D eigenvalue weighted by molar-refractivity contribution is -0.133. The van der Waals surface area contributed by atoms with Gasteiger partial charge in [0.15, 0.2) is 0 Å². The minimum Gasteiger partial charge on any atom is -0.453 e. The van der Waals surface area contributed by atoms with Gasteiger partial charge in [0.05, 0.1) is 7.11 Å². The van der Waals surface area contributed by atoms with Crippen LogP contribution in [-0.2, 0) is 9.53 Å². The molecule has 0 aromatic rings. The van der Waals surface area contributed by atoms with Gasteiger partial charge in [-0.25, -0.2) is 4.79 Å². The molecule has 0 aromatic carbocycles. The maximum absolute atomic E-state index is 12.6. The summed E-state index contributed by atoms with van der Waals surface area (Å²) < 4.78 is 4.82. The number of nitrogens with zero attached hydrogens (tertiary/aromatic N) is 3. The molecule has 6 heteroatoms. The number of hydrogen-bond donors (Lipinski definition) is 0. The Morgan fingerprint density at radius 2 is 1.80 bits per heavy atom. The predicted molar refractivity (Wildman–Crippen MR) is 94.0 cm³/mol. The van der Waals surface area contributed by atoms with Crippen LogP contribution in [0.3, 0.4) is 0 Å². The molecular formula is C19H31N3O3. The maximum Gasteiger partial charge on any atom is 0.409 e. The second-order valence-corrected chi connectivity index (χ2v) is 8.54.